The van der Waals surface area contributed by atoms with Crippen molar-refractivity contribution in [2.45, 2.75) is 51.6 Å². The lowest BCUT2D eigenvalue weighted by atomic mass is 9.98. The highest BCUT2D eigenvalue weighted by molar-refractivity contribution is 7.18. The number of aromatic nitrogens is 1. The number of nitrogens with two attached hydrogens (primary N) is 1. The Hall–Kier alpha value is -1.30. The zero-order chi connectivity index (χ0) is 14.3. The van der Waals surface area contributed by atoms with Crippen LogP contribution in [0.1, 0.15) is 49.2 Å². The molecule has 5 nitrogen and oxygen atoms in total. The van der Waals surface area contributed by atoms with Gasteiger partial charge in [-0.15, -0.1) is 0 Å². The summed E-state index contributed by atoms with van der Waals surface area (Å²) in [6.07, 6.45) is 4.59. The van der Waals surface area contributed by atoms with E-state index in [2.05, 4.69) is 29.5 Å². The van der Waals surface area contributed by atoms with Gasteiger partial charge < -0.3 is 16.4 Å². The summed E-state index contributed by atoms with van der Waals surface area (Å²) in [6, 6.07) is 0.783. The summed E-state index contributed by atoms with van der Waals surface area (Å²) in [5.74, 6) is 1.47. The summed E-state index contributed by atoms with van der Waals surface area (Å²) in [5, 5.41) is 7.18. The van der Waals surface area contributed by atoms with Gasteiger partial charge in [-0.05, 0) is 37.5 Å². The average Bonchev–Trinajstić information content (AvgIpc) is 3.07. The Labute approximate surface area is 123 Å². The lowest BCUT2D eigenvalue weighted by Gasteiger charge is -2.19. The minimum atomic E-state index is -0.0743. The molecule has 3 atom stereocenters. The van der Waals surface area contributed by atoms with Crippen molar-refractivity contribution in [3.8, 4) is 0 Å². The molecule has 0 aliphatic heterocycles. The van der Waals surface area contributed by atoms with E-state index >= 15 is 0 Å². The number of carbonyl (C=O) groups is 1. The normalized spacial score (nSPS) is 29.4. The van der Waals surface area contributed by atoms with Crippen LogP contribution in [0.4, 0.5) is 10.9 Å². The quantitative estimate of drug-likeness (QED) is 0.797. The van der Waals surface area contributed by atoms with Crippen LogP contribution in [0.2, 0.25) is 0 Å². The van der Waals surface area contributed by atoms with Crippen LogP contribution in [0.3, 0.4) is 0 Å². The molecule has 0 bridgehead atoms. The Kier molecular flexibility index (Phi) is 3.58. The first-order valence-corrected chi connectivity index (χ1v) is 8.20. The van der Waals surface area contributed by atoms with Crippen LogP contribution < -0.4 is 16.4 Å². The van der Waals surface area contributed by atoms with Gasteiger partial charge in [0.05, 0.1) is 0 Å². The van der Waals surface area contributed by atoms with Gasteiger partial charge in [0.15, 0.2) is 5.13 Å². The third-order valence-electron chi connectivity index (χ3n) is 4.55. The zero-order valence-electron chi connectivity index (χ0n) is 12.0. The number of nitrogens with zero attached hydrogens (tertiary/aromatic N) is 1. The lowest BCUT2D eigenvalue weighted by Crippen LogP contribution is -2.37. The van der Waals surface area contributed by atoms with Gasteiger partial charge in [-0.3, -0.25) is 4.79 Å². The number of nitrogens with one attached hydrogen (secondary N) is 2. The van der Waals surface area contributed by atoms with Crippen LogP contribution in [0.5, 0.6) is 0 Å². The molecule has 0 saturated heterocycles. The first kappa shape index (κ1) is 13.7. The largest absolute Gasteiger partial charge is 0.382 e. The molecule has 2 aliphatic carbocycles. The van der Waals surface area contributed by atoms with Gasteiger partial charge >= 0.3 is 0 Å². The van der Waals surface area contributed by atoms with Crippen LogP contribution in [-0.2, 0) is 0 Å². The highest BCUT2D eigenvalue weighted by Gasteiger charge is 2.32. The number of nitrogen functional groups attached to an aromatic ring is 1. The maximum atomic E-state index is 12.3. The van der Waals surface area contributed by atoms with E-state index in [4.69, 9.17) is 5.73 Å². The predicted octanol–water partition coefficient (Wildman–Crippen LogP) is 2.46. The van der Waals surface area contributed by atoms with Gasteiger partial charge in [-0.2, -0.15) is 0 Å². The van der Waals surface area contributed by atoms with E-state index in [1.807, 2.05) is 0 Å². The molecule has 1 heterocycles. The van der Waals surface area contributed by atoms with Gasteiger partial charge in [-0.25, -0.2) is 4.98 Å². The van der Waals surface area contributed by atoms with E-state index in [1.165, 1.54) is 30.6 Å². The molecule has 3 rings (SSSR count). The second-order valence-electron chi connectivity index (χ2n) is 6.15. The highest BCUT2D eigenvalue weighted by Crippen LogP contribution is 2.33. The molecule has 2 saturated carbocycles. The van der Waals surface area contributed by atoms with E-state index < -0.39 is 0 Å². The number of rotatable bonds is 4. The Morgan fingerprint density at radius 2 is 2.05 bits per heavy atom. The maximum Gasteiger partial charge on any atom is 0.265 e. The molecule has 1 aromatic rings. The Morgan fingerprint density at radius 1 is 1.30 bits per heavy atom. The number of anilines is 2. The van der Waals surface area contributed by atoms with Gasteiger partial charge in [0.2, 0.25) is 0 Å². The van der Waals surface area contributed by atoms with Gasteiger partial charge in [-0.1, -0.05) is 25.2 Å². The fourth-order valence-electron chi connectivity index (χ4n) is 2.76. The third-order valence-corrected chi connectivity index (χ3v) is 5.55. The monoisotopic (exact) mass is 294 g/mol. The SMILES string of the molecule is CC1CCC(NC(=O)c2sc(NC3CC3)nc2N)C1C. The first-order valence-electron chi connectivity index (χ1n) is 7.38. The Balaban J connectivity index is 1.65. The summed E-state index contributed by atoms with van der Waals surface area (Å²) in [4.78, 5) is 17.1. The molecule has 1 aromatic heterocycles. The number of amides is 1. The van der Waals surface area contributed by atoms with Crippen molar-refractivity contribution in [3.63, 3.8) is 0 Å². The van der Waals surface area contributed by atoms with Crippen LogP contribution in [0.25, 0.3) is 0 Å². The van der Waals surface area contributed by atoms with Crippen molar-refractivity contribution in [1.29, 1.82) is 0 Å². The van der Waals surface area contributed by atoms with Gasteiger partial charge in [0.1, 0.15) is 10.7 Å². The number of hydrogen-bond acceptors (Lipinski definition) is 5. The van der Waals surface area contributed by atoms with Crippen LogP contribution in [0, 0.1) is 11.8 Å². The van der Waals surface area contributed by atoms with Crippen molar-refractivity contribution in [3.05, 3.63) is 4.88 Å². The summed E-state index contributed by atoms with van der Waals surface area (Å²) in [6.45, 7) is 4.45. The fraction of sp³-hybridized carbons (Fsp3) is 0.714. The molecule has 3 unspecified atom stereocenters. The van der Waals surface area contributed by atoms with E-state index in [1.54, 1.807) is 0 Å². The Bertz CT molecular complexity index is 511. The minimum Gasteiger partial charge on any atom is -0.382 e. The molecule has 20 heavy (non-hydrogen) atoms. The maximum absolute atomic E-state index is 12.3. The predicted molar refractivity (Wildman–Crippen MR) is 82.0 cm³/mol. The number of hydrogen-bond donors (Lipinski definition) is 3. The molecule has 6 heteroatoms. The molecular formula is C14H22N4OS. The second kappa shape index (κ2) is 5.24. The molecule has 1 amide bonds. The standard InChI is InChI=1S/C14H22N4OS/c1-7-3-6-10(8(7)2)17-13(19)11-12(15)18-14(20-11)16-9-4-5-9/h7-10H,3-6,15H2,1-2H3,(H,16,18)(H,17,19). The molecular weight excluding hydrogens is 272 g/mol. The summed E-state index contributed by atoms with van der Waals surface area (Å²) in [5.41, 5.74) is 5.87. The molecule has 2 fully saturated rings. The highest BCUT2D eigenvalue weighted by atomic mass is 32.1. The second-order valence-corrected chi connectivity index (χ2v) is 7.14. The van der Waals surface area contributed by atoms with Crippen LogP contribution in [-0.4, -0.2) is 23.0 Å². The van der Waals surface area contributed by atoms with E-state index in [-0.39, 0.29) is 11.9 Å². The van der Waals surface area contributed by atoms with Gasteiger partial charge in [0, 0.05) is 12.1 Å². The molecule has 0 aromatic carbocycles. The molecule has 4 N–H and O–H groups in total. The van der Waals surface area contributed by atoms with E-state index in [0.29, 0.717) is 28.6 Å². The van der Waals surface area contributed by atoms with Crippen molar-refractivity contribution >= 4 is 28.2 Å². The third kappa shape index (κ3) is 2.75. The number of thiazole rings is 1. The molecule has 2 aliphatic rings. The van der Waals surface area contributed by atoms with Crippen molar-refractivity contribution in [1.82, 2.24) is 10.3 Å². The summed E-state index contributed by atoms with van der Waals surface area (Å²) < 4.78 is 0. The molecule has 0 spiro atoms. The summed E-state index contributed by atoms with van der Waals surface area (Å²) in [7, 11) is 0. The molecule has 110 valence electrons. The van der Waals surface area contributed by atoms with Crippen molar-refractivity contribution < 1.29 is 4.79 Å². The average molecular weight is 294 g/mol. The van der Waals surface area contributed by atoms with Gasteiger partial charge in [0.25, 0.3) is 5.91 Å². The topological polar surface area (TPSA) is 80.0 Å². The first-order chi connectivity index (χ1) is 9.54. The smallest absolute Gasteiger partial charge is 0.265 e. The lowest BCUT2D eigenvalue weighted by molar-refractivity contribution is 0.0932. The Morgan fingerprint density at radius 3 is 2.65 bits per heavy atom. The minimum absolute atomic E-state index is 0.0743. The van der Waals surface area contributed by atoms with Crippen molar-refractivity contribution in [2.24, 2.45) is 11.8 Å². The van der Waals surface area contributed by atoms with E-state index in [0.717, 1.165) is 11.6 Å². The molecule has 0 radical (unpaired) electrons. The summed E-state index contributed by atoms with van der Waals surface area (Å²) >= 11 is 1.36. The number of carbonyl (C=O) groups excluding carboxylic acids is 1. The van der Waals surface area contributed by atoms with Crippen LogP contribution in [0.15, 0.2) is 0 Å². The van der Waals surface area contributed by atoms with Crippen LogP contribution >= 0.6 is 11.3 Å². The van der Waals surface area contributed by atoms with E-state index in [9.17, 15) is 4.79 Å². The van der Waals surface area contributed by atoms with Crippen molar-refractivity contribution in [2.75, 3.05) is 11.1 Å². The fourth-order valence-corrected chi connectivity index (χ4v) is 3.63. The zero-order valence-corrected chi connectivity index (χ0v) is 12.8.